The van der Waals surface area contributed by atoms with Crippen LogP contribution in [0.4, 0.5) is 4.39 Å². The first kappa shape index (κ1) is 18.1. The Labute approximate surface area is 163 Å². The number of rotatable bonds is 3. The van der Waals surface area contributed by atoms with Gasteiger partial charge in [-0.1, -0.05) is 47.7 Å². The molecule has 2 aliphatic heterocycles. The monoisotopic (exact) mass is 385 g/mol. The van der Waals surface area contributed by atoms with Gasteiger partial charge in [-0.25, -0.2) is 9.07 Å². The van der Waals surface area contributed by atoms with Crippen molar-refractivity contribution in [3.63, 3.8) is 0 Å². The van der Waals surface area contributed by atoms with E-state index in [0.29, 0.717) is 23.8 Å². The van der Waals surface area contributed by atoms with Gasteiger partial charge in [-0.15, -0.1) is 17.5 Å². The average molecular weight is 386 g/mol. The van der Waals surface area contributed by atoms with Crippen molar-refractivity contribution in [2.24, 2.45) is 0 Å². The molecular formula is C20H21ClFN5. The number of aromatic nitrogens is 3. The van der Waals surface area contributed by atoms with Gasteiger partial charge in [-0.05, 0) is 17.7 Å². The van der Waals surface area contributed by atoms with E-state index < -0.39 is 0 Å². The van der Waals surface area contributed by atoms with E-state index >= 15 is 0 Å². The van der Waals surface area contributed by atoms with E-state index in [4.69, 9.17) is 0 Å². The van der Waals surface area contributed by atoms with Crippen LogP contribution in [-0.2, 0) is 13.1 Å². The molecule has 0 amide bonds. The second-order valence-electron chi connectivity index (χ2n) is 7.04. The topological polar surface area (TPSA) is 46.0 Å². The molecule has 140 valence electrons. The van der Waals surface area contributed by atoms with Crippen molar-refractivity contribution in [1.82, 2.24) is 25.2 Å². The Morgan fingerprint density at radius 1 is 1.04 bits per heavy atom. The van der Waals surface area contributed by atoms with E-state index in [-0.39, 0.29) is 24.3 Å². The zero-order chi connectivity index (χ0) is 17.5. The zero-order valence-electron chi connectivity index (χ0n) is 14.8. The summed E-state index contributed by atoms with van der Waals surface area (Å²) in [5.41, 5.74) is 3.46. The summed E-state index contributed by atoms with van der Waals surface area (Å²) in [4.78, 5) is 2.44. The molecule has 0 aliphatic carbocycles. The van der Waals surface area contributed by atoms with E-state index in [2.05, 4.69) is 44.8 Å². The summed E-state index contributed by atoms with van der Waals surface area (Å²) >= 11 is 0. The molecule has 1 aromatic heterocycles. The highest BCUT2D eigenvalue weighted by atomic mass is 35.5. The number of halogens is 2. The van der Waals surface area contributed by atoms with Gasteiger partial charge in [0.05, 0.1) is 11.7 Å². The molecule has 5 nitrogen and oxygen atoms in total. The van der Waals surface area contributed by atoms with Crippen molar-refractivity contribution < 1.29 is 4.39 Å². The van der Waals surface area contributed by atoms with E-state index in [0.717, 1.165) is 25.3 Å². The minimum atomic E-state index is -0.255. The predicted molar refractivity (Wildman–Crippen MR) is 104 cm³/mol. The van der Waals surface area contributed by atoms with Gasteiger partial charge in [0, 0.05) is 37.8 Å². The first-order chi connectivity index (χ1) is 12.8. The lowest BCUT2D eigenvalue weighted by Gasteiger charge is -2.27. The number of hydrogen-bond acceptors (Lipinski definition) is 4. The number of fused-ring (bicyclic) bond motifs is 3. The third-order valence-electron chi connectivity index (χ3n) is 5.38. The van der Waals surface area contributed by atoms with Crippen LogP contribution >= 0.6 is 12.4 Å². The number of nitrogens with zero attached hydrogens (tertiary/aromatic N) is 4. The Morgan fingerprint density at radius 3 is 2.63 bits per heavy atom. The molecule has 3 heterocycles. The quantitative estimate of drug-likeness (QED) is 0.752. The minimum Gasteiger partial charge on any atom is -0.305 e. The third-order valence-corrected chi connectivity index (χ3v) is 5.38. The van der Waals surface area contributed by atoms with E-state index in [9.17, 15) is 4.39 Å². The van der Waals surface area contributed by atoms with Crippen molar-refractivity contribution in [3.05, 3.63) is 71.7 Å². The smallest absolute Gasteiger partial charge is 0.132 e. The molecule has 1 saturated heterocycles. The maximum Gasteiger partial charge on any atom is 0.132 e. The molecule has 1 fully saturated rings. The lowest BCUT2D eigenvalue weighted by Crippen LogP contribution is -2.42. The molecule has 1 N–H and O–H groups in total. The van der Waals surface area contributed by atoms with Crippen LogP contribution in [0.1, 0.15) is 17.3 Å². The van der Waals surface area contributed by atoms with Crippen LogP contribution in [0.3, 0.4) is 0 Å². The molecule has 27 heavy (non-hydrogen) atoms. The molecule has 5 rings (SSSR count). The fraction of sp³-hybridized carbons (Fsp3) is 0.300. The molecule has 2 atom stereocenters. The van der Waals surface area contributed by atoms with Crippen LogP contribution in [0.5, 0.6) is 0 Å². The molecule has 0 bridgehead atoms. The summed E-state index contributed by atoms with van der Waals surface area (Å²) in [6.07, 6.45) is 0. The van der Waals surface area contributed by atoms with Crippen molar-refractivity contribution >= 4 is 12.4 Å². The molecule has 0 radical (unpaired) electrons. The van der Waals surface area contributed by atoms with Crippen LogP contribution in [0.15, 0.2) is 54.6 Å². The lowest BCUT2D eigenvalue weighted by molar-refractivity contribution is 0.307. The minimum absolute atomic E-state index is 0. The van der Waals surface area contributed by atoms with Gasteiger partial charge in [-0.3, -0.25) is 4.90 Å². The van der Waals surface area contributed by atoms with Crippen molar-refractivity contribution in [1.29, 1.82) is 0 Å². The van der Waals surface area contributed by atoms with Crippen molar-refractivity contribution in [3.8, 4) is 11.3 Å². The van der Waals surface area contributed by atoms with E-state index in [1.165, 1.54) is 11.6 Å². The van der Waals surface area contributed by atoms with E-state index in [1.54, 1.807) is 12.1 Å². The van der Waals surface area contributed by atoms with Gasteiger partial charge in [0.1, 0.15) is 11.5 Å². The number of benzene rings is 2. The summed E-state index contributed by atoms with van der Waals surface area (Å²) in [6.45, 7) is 3.49. The highest BCUT2D eigenvalue weighted by molar-refractivity contribution is 5.85. The Morgan fingerprint density at radius 2 is 1.81 bits per heavy atom. The normalized spacial score (nSPS) is 21.4. The molecule has 0 unspecified atom stereocenters. The number of hydrogen-bond donors (Lipinski definition) is 1. The molecule has 2 aliphatic rings. The Balaban J connectivity index is 0.00000180. The average Bonchev–Trinajstić information content (AvgIpc) is 3.26. The summed E-state index contributed by atoms with van der Waals surface area (Å²) in [7, 11) is 0. The SMILES string of the molecule is Cl.Fc1ccccc1-c1nnn2c1CN[C@@H]1CN(Cc3ccccc3)C[C@H]12. The summed E-state index contributed by atoms with van der Waals surface area (Å²) < 4.78 is 16.2. The van der Waals surface area contributed by atoms with Gasteiger partial charge < -0.3 is 5.32 Å². The first-order valence-electron chi connectivity index (χ1n) is 8.98. The second-order valence-corrected chi connectivity index (χ2v) is 7.04. The highest BCUT2D eigenvalue weighted by Gasteiger charge is 2.39. The fourth-order valence-electron chi connectivity index (χ4n) is 4.12. The highest BCUT2D eigenvalue weighted by Crippen LogP contribution is 2.32. The Bertz CT molecular complexity index is 929. The van der Waals surface area contributed by atoms with Crippen LogP contribution in [0.2, 0.25) is 0 Å². The largest absolute Gasteiger partial charge is 0.305 e. The Hall–Kier alpha value is -2.28. The third kappa shape index (κ3) is 3.25. The van der Waals surface area contributed by atoms with E-state index in [1.807, 2.05) is 16.8 Å². The summed E-state index contributed by atoms with van der Waals surface area (Å²) in [5, 5.41) is 12.3. The number of nitrogens with one attached hydrogen (secondary N) is 1. The molecule has 2 aromatic carbocycles. The van der Waals surface area contributed by atoms with Crippen LogP contribution in [-0.4, -0.2) is 39.0 Å². The molecule has 0 saturated carbocycles. The van der Waals surface area contributed by atoms with Gasteiger partial charge in [0.2, 0.25) is 0 Å². The molecular weight excluding hydrogens is 365 g/mol. The summed E-state index contributed by atoms with van der Waals surface area (Å²) in [6, 6.07) is 17.9. The van der Waals surface area contributed by atoms with Gasteiger partial charge in [0.15, 0.2) is 0 Å². The zero-order valence-corrected chi connectivity index (χ0v) is 15.6. The van der Waals surface area contributed by atoms with Gasteiger partial charge in [0.25, 0.3) is 0 Å². The predicted octanol–water partition coefficient (Wildman–Crippen LogP) is 3.03. The Kier molecular flexibility index (Phi) is 4.95. The van der Waals surface area contributed by atoms with Crippen molar-refractivity contribution in [2.45, 2.75) is 25.2 Å². The molecule has 7 heteroatoms. The molecule has 3 aromatic rings. The number of likely N-dealkylation sites (tertiary alicyclic amines) is 1. The summed E-state index contributed by atoms with van der Waals surface area (Å²) in [5.74, 6) is -0.255. The fourth-order valence-corrected chi connectivity index (χ4v) is 4.12. The molecule has 0 spiro atoms. The standard InChI is InChI=1S/C20H20FN5.ClH/c21-16-9-5-4-8-15(16)20-18-10-22-17-12-25(11-14-6-2-1-3-7-14)13-19(17)26(18)24-23-20;/h1-9,17,19,22H,10-13H2;1H/t17-,19-;/m1./s1. The maximum absolute atomic E-state index is 14.2. The lowest BCUT2D eigenvalue weighted by atomic mass is 10.1. The van der Waals surface area contributed by atoms with Gasteiger partial charge in [-0.2, -0.15) is 0 Å². The van der Waals surface area contributed by atoms with Crippen molar-refractivity contribution in [2.75, 3.05) is 13.1 Å². The first-order valence-corrected chi connectivity index (χ1v) is 8.98. The van der Waals surface area contributed by atoms with Crippen LogP contribution in [0, 0.1) is 5.82 Å². The van der Waals surface area contributed by atoms with Crippen LogP contribution in [0.25, 0.3) is 11.3 Å². The maximum atomic E-state index is 14.2. The van der Waals surface area contributed by atoms with Crippen LogP contribution < -0.4 is 5.32 Å². The second kappa shape index (κ2) is 7.38. The van der Waals surface area contributed by atoms with Gasteiger partial charge >= 0.3 is 0 Å².